The first-order chi connectivity index (χ1) is 8.52. The van der Waals surface area contributed by atoms with Gasteiger partial charge in [0.25, 0.3) is 5.09 Å². The maximum atomic E-state index is 11.7. The molecular weight excluding hydrogens is 240 g/mol. The molecule has 0 aromatic carbocycles. The topological polar surface area (TPSA) is 90.7 Å². The van der Waals surface area contributed by atoms with E-state index in [1.165, 1.54) is 6.92 Å². The molecule has 7 nitrogen and oxygen atoms in total. The molecule has 1 saturated carbocycles. The van der Waals surface area contributed by atoms with Crippen LogP contribution in [0.25, 0.3) is 0 Å². The van der Waals surface area contributed by atoms with Crippen molar-refractivity contribution in [3.63, 3.8) is 0 Å². The Balaban J connectivity index is 2.29. The number of ether oxygens (including phenoxy) is 1. The van der Waals surface area contributed by atoms with Crippen LogP contribution in [0, 0.1) is 22.0 Å². The van der Waals surface area contributed by atoms with E-state index in [0.717, 1.165) is 32.2 Å². The first kappa shape index (κ1) is 14.7. The molecule has 0 radical (unpaired) electrons. The molecule has 1 atom stereocenters. The summed E-state index contributed by atoms with van der Waals surface area (Å²) in [5, 5.41) is 12.2. The molecule has 1 unspecified atom stereocenters. The van der Waals surface area contributed by atoms with E-state index in [1.54, 1.807) is 0 Å². The van der Waals surface area contributed by atoms with Crippen LogP contribution < -0.4 is 5.32 Å². The monoisotopic (exact) mass is 260 g/mol. The number of carbonyl (C=O) groups excluding carboxylic acids is 1. The minimum atomic E-state index is -1.14. The van der Waals surface area contributed by atoms with Gasteiger partial charge in [0.15, 0.2) is 0 Å². The van der Waals surface area contributed by atoms with Gasteiger partial charge in [0.2, 0.25) is 6.29 Å². The standard InChI is InChI=1S/C11H20N2O5/c1-8(18-13(15)16)17-11(14)10-5-3-9(4-6-10)7-12-2/h8-10,12H,3-7H2,1-2H3/t8?,9-,10-. The van der Waals surface area contributed by atoms with Crippen LogP contribution in [0.15, 0.2) is 0 Å². The Kier molecular flexibility index (Phi) is 5.84. The molecule has 0 spiro atoms. The molecule has 0 amide bonds. The van der Waals surface area contributed by atoms with Crippen LogP contribution in [0.3, 0.4) is 0 Å². The van der Waals surface area contributed by atoms with Crippen LogP contribution in [-0.2, 0) is 14.4 Å². The Morgan fingerprint density at radius 2 is 2.06 bits per heavy atom. The van der Waals surface area contributed by atoms with Crippen molar-refractivity contribution in [2.45, 2.75) is 38.9 Å². The lowest BCUT2D eigenvalue weighted by molar-refractivity contribution is -0.777. The van der Waals surface area contributed by atoms with E-state index in [4.69, 9.17) is 4.74 Å². The van der Waals surface area contributed by atoms with Crippen molar-refractivity contribution >= 4 is 5.97 Å². The average molecular weight is 260 g/mol. The van der Waals surface area contributed by atoms with Gasteiger partial charge >= 0.3 is 5.97 Å². The molecule has 0 aromatic heterocycles. The Bertz CT molecular complexity index is 289. The van der Waals surface area contributed by atoms with Crippen LogP contribution >= 0.6 is 0 Å². The Labute approximate surface area is 106 Å². The van der Waals surface area contributed by atoms with Crippen molar-refractivity contribution in [2.75, 3.05) is 13.6 Å². The van der Waals surface area contributed by atoms with Gasteiger partial charge < -0.3 is 10.1 Å². The van der Waals surface area contributed by atoms with Gasteiger partial charge in [-0.15, -0.1) is 10.1 Å². The van der Waals surface area contributed by atoms with Crippen LogP contribution in [0.2, 0.25) is 0 Å². The first-order valence-corrected chi connectivity index (χ1v) is 6.19. The van der Waals surface area contributed by atoms with Crippen molar-refractivity contribution in [1.29, 1.82) is 0 Å². The lowest BCUT2D eigenvalue weighted by Gasteiger charge is -2.27. The number of nitrogens with zero attached hydrogens (tertiary/aromatic N) is 1. The summed E-state index contributed by atoms with van der Waals surface area (Å²) < 4.78 is 4.88. The van der Waals surface area contributed by atoms with E-state index in [0.29, 0.717) is 5.92 Å². The maximum Gasteiger partial charge on any atom is 0.311 e. The SMILES string of the molecule is CNC[C@H]1CC[C@H](C(=O)OC(C)O[N+](=O)[O-])CC1. The summed E-state index contributed by atoms with van der Waals surface area (Å²) in [6.45, 7) is 2.30. The summed E-state index contributed by atoms with van der Waals surface area (Å²) in [5.74, 6) is 0.0506. The zero-order valence-corrected chi connectivity index (χ0v) is 10.8. The normalized spacial score (nSPS) is 25.2. The molecule has 0 bridgehead atoms. The quantitative estimate of drug-likeness (QED) is 0.333. The average Bonchev–Trinajstić information content (AvgIpc) is 2.29. The first-order valence-electron chi connectivity index (χ1n) is 6.19. The minimum Gasteiger partial charge on any atom is -0.435 e. The van der Waals surface area contributed by atoms with Crippen LogP contribution in [0.4, 0.5) is 0 Å². The van der Waals surface area contributed by atoms with Crippen LogP contribution in [0.1, 0.15) is 32.6 Å². The summed E-state index contributed by atoms with van der Waals surface area (Å²) >= 11 is 0. The molecule has 1 aliphatic carbocycles. The van der Waals surface area contributed by atoms with Gasteiger partial charge in [0.05, 0.1) is 5.92 Å². The predicted molar refractivity (Wildman–Crippen MR) is 63.0 cm³/mol. The number of rotatable bonds is 6. The second-order valence-corrected chi connectivity index (χ2v) is 4.61. The van der Waals surface area contributed by atoms with Gasteiger partial charge in [-0.1, -0.05) is 0 Å². The number of hydrogen-bond acceptors (Lipinski definition) is 6. The lowest BCUT2D eigenvalue weighted by Crippen LogP contribution is -2.30. The maximum absolute atomic E-state index is 11.7. The summed E-state index contributed by atoms with van der Waals surface area (Å²) in [5.41, 5.74) is 0. The Hall–Kier alpha value is -1.37. The molecule has 104 valence electrons. The zero-order valence-electron chi connectivity index (χ0n) is 10.8. The highest BCUT2D eigenvalue weighted by Crippen LogP contribution is 2.29. The smallest absolute Gasteiger partial charge is 0.311 e. The molecule has 1 fully saturated rings. The second-order valence-electron chi connectivity index (χ2n) is 4.61. The van der Waals surface area contributed by atoms with Crippen molar-refractivity contribution in [3.05, 3.63) is 10.1 Å². The summed E-state index contributed by atoms with van der Waals surface area (Å²) in [7, 11) is 1.91. The van der Waals surface area contributed by atoms with E-state index in [-0.39, 0.29) is 5.92 Å². The molecule has 7 heteroatoms. The van der Waals surface area contributed by atoms with Crippen LogP contribution in [-0.4, -0.2) is 30.9 Å². The molecular formula is C11H20N2O5. The molecule has 1 N–H and O–H groups in total. The summed E-state index contributed by atoms with van der Waals surface area (Å²) in [6, 6.07) is 0. The number of nitrogens with one attached hydrogen (secondary N) is 1. The highest BCUT2D eigenvalue weighted by Gasteiger charge is 2.28. The second kappa shape index (κ2) is 7.15. The molecule has 0 aliphatic heterocycles. The van der Waals surface area contributed by atoms with E-state index in [2.05, 4.69) is 10.2 Å². The van der Waals surface area contributed by atoms with E-state index in [1.807, 2.05) is 7.05 Å². The third kappa shape index (κ3) is 4.87. The number of hydrogen-bond donors (Lipinski definition) is 1. The van der Waals surface area contributed by atoms with Crippen molar-refractivity contribution in [2.24, 2.45) is 11.8 Å². The fraction of sp³-hybridized carbons (Fsp3) is 0.909. The predicted octanol–water partition coefficient (Wildman–Crippen LogP) is 1.11. The van der Waals surface area contributed by atoms with E-state index in [9.17, 15) is 14.9 Å². The van der Waals surface area contributed by atoms with Gasteiger partial charge in [-0.25, -0.2) is 0 Å². The van der Waals surface area contributed by atoms with Crippen molar-refractivity contribution in [3.8, 4) is 0 Å². The number of carbonyl (C=O) groups is 1. The van der Waals surface area contributed by atoms with Gasteiger partial charge in [0.1, 0.15) is 0 Å². The molecule has 0 heterocycles. The van der Waals surface area contributed by atoms with Gasteiger partial charge in [-0.05, 0) is 52.1 Å². The fourth-order valence-corrected chi connectivity index (χ4v) is 2.29. The van der Waals surface area contributed by atoms with Gasteiger partial charge in [0, 0.05) is 0 Å². The summed E-state index contributed by atoms with van der Waals surface area (Å²) in [6.07, 6.45) is 2.37. The number of esters is 1. The Morgan fingerprint density at radius 1 is 1.44 bits per heavy atom. The van der Waals surface area contributed by atoms with E-state index < -0.39 is 17.3 Å². The van der Waals surface area contributed by atoms with E-state index >= 15 is 0 Å². The largest absolute Gasteiger partial charge is 0.435 e. The Morgan fingerprint density at radius 3 is 2.56 bits per heavy atom. The van der Waals surface area contributed by atoms with Crippen molar-refractivity contribution in [1.82, 2.24) is 5.32 Å². The highest BCUT2D eigenvalue weighted by atomic mass is 17.0. The highest BCUT2D eigenvalue weighted by molar-refractivity contribution is 5.72. The molecule has 18 heavy (non-hydrogen) atoms. The summed E-state index contributed by atoms with van der Waals surface area (Å²) in [4.78, 5) is 25.9. The third-order valence-corrected chi connectivity index (χ3v) is 3.19. The van der Waals surface area contributed by atoms with Crippen molar-refractivity contribution < 1.29 is 19.5 Å². The molecule has 0 aromatic rings. The molecule has 1 rings (SSSR count). The van der Waals surface area contributed by atoms with Gasteiger partial charge in [-0.3, -0.25) is 9.63 Å². The fourth-order valence-electron chi connectivity index (χ4n) is 2.29. The lowest BCUT2D eigenvalue weighted by atomic mass is 9.82. The zero-order chi connectivity index (χ0) is 13.5. The molecule has 0 saturated heterocycles. The minimum absolute atomic E-state index is 0.157. The molecule has 1 aliphatic rings. The van der Waals surface area contributed by atoms with Crippen LogP contribution in [0.5, 0.6) is 0 Å². The third-order valence-electron chi connectivity index (χ3n) is 3.19. The van der Waals surface area contributed by atoms with Gasteiger partial charge in [-0.2, -0.15) is 0 Å².